The molecule has 0 N–H and O–H groups in total. The molecule has 1 saturated heterocycles. The van der Waals surface area contributed by atoms with Crippen molar-refractivity contribution in [1.29, 1.82) is 0 Å². The number of hydrogen-bond donors (Lipinski definition) is 0. The van der Waals surface area contributed by atoms with Crippen molar-refractivity contribution < 1.29 is 26.4 Å². The topological polar surface area (TPSA) is 54.5 Å². The van der Waals surface area contributed by atoms with Gasteiger partial charge in [-0.25, -0.2) is 8.42 Å². The van der Waals surface area contributed by atoms with Crippen LogP contribution >= 0.6 is 0 Å². The fourth-order valence-corrected chi connectivity index (χ4v) is 2.73. The van der Waals surface area contributed by atoms with Gasteiger partial charge in [-0.2, -0.15) is 13.2 Å². The first-order chi connectivity index (χ1) is 7.12. The van der Waals surface area contributed by atoms with Crippen LogP contribution in [0.3, 0.4) is 0 Å². The van der Waals surface area contributed by atoms with E-state index in [0.29, 0.717) is 4.90 Å². The molecule has 0 unspecified atom stereocenters. The number of carbonyl (C=O) groups is 1. The van der Waals surface area contributed by atoms with E-state index in [1.165, 1.54) is 0 Å². The summed E-state index contributed by atoms with van der Waals surface area (Å²) in [6.07, 6.45) is -3.68. The lowest BCUT2D eigenvalue weighted by Gasteiger charge is -2.31. The molecule has 0 aromatic carbocycles. The maximum atomic E-state index is 12.1. The predicted octanol–water partition coefficient (Wildman–Crippen LogP) is 0.584. The van der Waals surface area contributed by atoms with E-state index in [1.54, 1.807) is 0 Å². The maximum Gasteiger partial charge on any atom is 0.471 e. The molecule has 1 aliphatic heterocycles. The Hall–Kier alpha value is -0.790. The molecule has 16 heavy (non-hydrogen) atoms. The Balaban J connectivity index is 2.60. The van der Waals surface area contributed by atoms with Crippen LogP contribution in [0.15, 0.2) is 0 Å². The quantitative estimate of drug-likeness (QED) is 0.692. The molecule has 0 aromatic rings. The third-order valence-corrected chi connectivity index (χ3v) is 4.26. The lowest BCUT2D eigenvalue weighted by molar-refractivity contribution is -0.186. The van der Waals surface area contributed by atoms with Crippen molar-refractivity contribution in [2.45, 2.75) is 24.3 Å². The van der Waals surface area contributed by atoms with Crippen LogP contribution in [-0.2, 0) is 14.6 Å². The van der Waals surface area contributed by atoms with Crippen molar-refractivity contribution in [3.8, 4) is 0 Å². The summed E-state index contributed by atoms with van der Waals surface area (Å²) in [7, 11) is -3.23. The van der Waals surface area contributed by atoms with Gasteiger partial charge in [0.15, 0.2) is 0 Å². The van der Waals surface area contributed by atoms with Crippen LogP contribution in [0.5, 0.6) is 0 Å². The standard InChI is InChI=1S/C8H12F3NO3S/c1-16(14,15)6-2-4-12(5-3-6)7(13)8(9,10)11/h6H,2-5H2,1H3. The number of rotatable bonds is 1. The highest BCUT2D eigenvalue weighted by Crippen LogP contribution is 2.23. The molecule has 0 radical (unpaired) electrons. The summed E-state index contributed by atoms with van der Waals surface area (Å²) in [6.45, 7) is -0.313. The van der Waals surface area contributed by atoms with Crippen molar-refractivity contribution in [2.24, 2.45) is 0 Å². The Morgan fingerprint density at radius 2 is 1.69 bits per heavy atom. The third-order valence-electron chi connectivity index (χ3n) is 2.58. The highest BCUT2D eigenvalue weighted by Gasteiger charge is 2.43. The van der Waals surface area contributed by atoms with Gasteiger partial charge in [-0.05, 0) is 12.8 Å². The summed E-state index contributed by atoms with van der Waals surface area (Å²) in [5.74, 6) is -1.89. The van der Waals surface area contributed by atoms with E-state index in [9.17, 15) is 26.4 Å². The van der Waals surface area contributed by atoms with Gasteiger partial charge in [0.05, 0.1) is 5.25 Å². The van der Waals surface area contributed by atoms with Crippen molar-refractivity contribution in [2.75, 3.05) is 19.3 Å². The number of alkyl halides is 3. The monoisotopic (exact) mass is 259 g/mol. The van der Waals surface area contributed by atoms with Gasteiger partial charge in [-0.1, -0.05) is 0 Å². The molecular formula is C8H12F3NO3S. The summed E-state index contributed by atoms with van der Waals surface area (Å²) in [6, 6.07) is 0. The first kappa shape index (κ1) is 13.3. The van der Waals surface area contributed by atoms with Crippen molar-refractivity contribution in [1.82, 2.24) is 4.90 Å². The van der Waals surface area contributed by atoms with Crippen LogP contribution in [0.2, 0.25) is 0 Å². The molecule has 0 atom stereocenters. The number of nitrogens with zero attached hydrogens (tertiary/aromatic N) is 1. The van der Waals surface area contributed by atoms with Crippen molar-refractivity contribution in [3.05, 3.63) is 0 Å². The minimum absolute atomic E-state index is 0.0701. The van der Waals surface area contributed by atoms with Gasteiger partial charge in [0.2, 0.25) is 0 Å². The van der Waals surface area contributed by atoms with Gasteiger partial charge in [0, 0.05) is 19.3 Å². The summed E-state index contributed by atoms with van der Waals surface area (Å²) in [5.41, 5.74) is 0. The number of amides is 1. The van der Waals surface area contributed by atoms with Crippen LogP contribution < -0.4 is 0 Å². The summed E-state index contributed by atoms with van der Waals surface area (Å²) in [4.78, 5) is 11.5. The molecule has 0 spiro atoms. The number of piperidine rings is 1. The second-order valence-electron chi connectivity index (χ2n) is 3.82. The molecule has 1 fully saturated rings. The van der Waals surface area contributed by atoms with Crippen LogP contribution in [0.1, 0.15) is 12.8 Å². The molecule has 1 rings (SSSR count). The molecule has 4 nitrogen and oxygen atoms in total. The molecule has 0 aliphatic carbocycles. The van der Waals surface area contributed by atoms with E-state index in [-0.39, 0.29) is 25.9 Å². The van der Waals surface area contributed by atoms with Gasteiger partial charge in [0.25, 0.3) is 0 Å². The first-order valence-corrected chi connectivity index (χ1v) is 6.63. The van der Waals surface area contributed by atoms with Crippen LogP contribution in [0.25, 0.3) is 0 Å². The van der Waals surface area contributed by atoms with Crippen LogP contribution in [0.4, 0.5) is 13.2 Å². The Morgan fingerprint density at radius 1 is 1.25 bits per heavy atom. The molecule has 0 bridgehead atoms. The summed E-state index contributed by atoms with van der Waals surface area (Å²) in [5, 5.41) is -0.634. The first-order valence-electron chi connectivity index (χ1n) is 4.67. The lowest BCUT2D eigenvalue weighted by Crippen LogP contribution is -2.47. The lowest BCUT2D eigenvalue weighted by atomic mass is 10.1. The van der Waals surface area contributed by atoms with Crippen LogP contribution in [0, 0.1) is 0 Å². The number of sulfone groups is 1. The second-order valence-corrected chi connectivity index (χ2v) is 6.14. The molecule has 94 valence electrons. The molecular weight excluding hydrogens is 247 g/mol. The summed E-state index contributed by atoms with van der Waals surface area (Å²) < 4.78 is 58.4. The SMILES string of the molecule is CS(=O)(=O)C1CCN(C(=O)C(F)(F)F)CC1. The van der Waals surface area contributed by atoms with Gasteiger partial charge in [0.1, 0.15) is 9.84 Å². The zero-order chi connectivity index (χ0) is 12.6. The number of halogens is 3. The number of carbonyl (C=O) groups excluding carboxylic acids is 1. The van der Waals surface area contributed by atoms with E-state index in [0.717, 1.165) is 6.26 Å². The van der Waals surface area contributed by atoms with Crippen LogP contribution in [-0.4, -0.2) is 50.0 Å². The molecule has 1 amide bonds. The van der Waals surface area contributed by atoms with Gasteiger partial charge >= 0.3 is 12.1 Å². The largest absolute Gasteiger partial charge is 0.471 e. The number of hydrogen-bond acceptors (Lipinski definition) is 3. The fourth-order valence-electron chi connectivity index (χ4n) is 1.67. The van der Waals surface area contributed by atoms with Gasteiger partial charge in [-0.3, -0.25) is 4.79 Å². The van der Waals surface area contributed by atoms with Crippen molar-refractivity contribution in [3.63, 3.8) is 0 Å². The molecule has 0 saturated carbocycles. The minimum Gasteiger partial charge on any atom is -0.335 e. The maximum absolute atomic E-state index is 12.1. The van der Waals surface area contributed by atoms with Gasteiger partial charge < -0.3 is 4.90 Å². The molecule has 8 heteroatoms. The Morgan fingerprint density at radius 3 is 2.00 bits per heavy atom. The highest BCUT2D eigenvalue weighted by atomic mass is 32.2. The average Bonchev–Trinajstić information content (AvgIpc) is 2.14. The Kier molecular flexibility index (Phi) is 3.51. The number of likely N-dealkylation sites (tertiary alicyclic amines) is 1. The predicted molar refractivity (Wildman–Crippen MR) is 50.5 cm³/mol. The fraction of sp³-hybridized carbons (Fsp3) is 0.875. The van der Waals surface area contributed by atoms with Gasteiger partial charge in [-0.15, -0.1) is 0 Å². The normalized spacial score (nSPS) is 19.9. The second kappa shape index (κ2) is 4.23. The van der Waals surface area contributed by atoms with E-state index < -0.39 is 27.2 Å². The van der Waals surface area contributed by atoms with Crippen molar-refractivity contribution >= 4 is 15.7 Å². The highest BCUT2D eigenvalue weighted by molar-refractivity contribution is 7.91. The third kappa shape index (κ3) is 3.10. The average molecular weight is 259 g/mol. The molecule has 0 aromatic heterocycles. The minimum atomic E-state index is -4.88. The van der Waals surface area contributed by atoms with E-state index in [4.69, 9.17) is 0 Å². The van der Waals surface area contributed by atoms with E-state index in [1.807, 2.05) is 0 Å². The zero-order valence-electron chi connectivity index (χ0n) is 8.62. The molecule has 1 heterocycles. The van der Waals surface area contributed by atoms with E-state index in [2.05, 4.69) is 0 Å². The Labute approximate surface area is 91.3 Å². The zero-order valence-corrected chi connectivity index (χ0v) is 9.44. The van der Waals surface area contributed by atoms with E-state index >= 15 is 0 Å². The smallest absolute Gasteiger partial charge is 0.335 e. The Bertz CT molecular complexity index is 368. The summed E-state index contributed by atoms with van der Waals surface area (Å²) >= 11 is 0. The molecule has 1 aliphatic rings.